The van der Waals surface area contributed by atoms with Crippen LogP contribution < -0.4 is 10.1 Å². The third-order valence-corrected chi connectivity index (χ3v) is 5.30. The van der Waals surface area contributed by atoms with Crippen LogP contribution in [0.5, 0.6) is 5.75 Å². The van der Waals surface area contributed by atoms with E-state index < -0.39 is 0 Å². The standard InChI is InChI=1S/C25H29NO/c1-18-8-7-9-19(2)23(18)16-17-26-20(3)21-12-14-22(15-13-21)24-10-5-6-11-25(24)27-4/h5-15,20,26H,16-17H2,1-4H3. The summed E-state index contributed by atoms with van der Waals surface area (Å²) in [6.07, 6.45) is 1.06. The van der Waals surface area contributed by atoms with E-state index in [1.54, 1.807) is 7.11 Å². The molecule has 0 amide bonds. The molecule has 0 aliphatic heterocycles. The lowest BCUT2D eigenvalue weighted by molar-refractivity contribution is 0.416. The van der Waals surface area contributed by atoms with E-state index >= 15 is 0 Å². The molecule has 0 spiro atoms. The number of aryl methyl sites for hydroxylation is 2. The van der Waals surface area contributed by atoms with E-state index in [9.17, 15) is 0 Å². The fourth-order valence-electron chi connectivity index (χ4n) is 3.61. The number of hydrogen-bond acceptors (Lipinski definition) is 2. The van der Waals surface area contributed by atoms with Crippen molar-refractivity contribution >= 4 is 0 Å². The van der Waals surface area contributed by atoms with Crippen LogP contribution in [0.2, 0.25) is 0 Å². The monoisotopic (exact) mass is 359 g/mol. The Labute approximate surface area is 163 Å². The Morgan fingerprint density at radius 3 is 2.19 bits per heavy atom. The normalized spacial score (nSPS) is 12.0. The van der Waals surface area contributed by atoms with Crippen molar-refractivity contribution in [2.45, 2.75) is 33.2 Å². The van der Waals surface area contributed by atoms with Crippen molar-refractivity contribution in [2.24, 2.45) is 0 Å². The molecule has 0 aromatic heterocycles. The summed E-state index contributed by atoms with van der Waals surface area (Å²) < 4.78 is 5.48. The molecule has 3 aromatic rings. The van der Waals surface area contributed by atoms with E-state index in [0.717, 1.165) is 24.3 Å². The van der Waals surface area contributed by atoms with Crippen molar-refractivity contribution < 1.29 is 4.74 Å². The Bertz CT molecular complexity index is 863. The molecule has 2 nitrogen and oxygen atoms in total. The van der Waals surface area contributed by atoms with Gasteiger partial charge in [0.15, 0.2) is 0 Å². The molecule has 0 fully saturated rings. The van der Waals surface area contributed by atoms with Crippen LogP contribution >= 0.6 is 0 Å². The maximum absolute atomic E-state index is 5.48. The summed E-state index contributed by atoms with van der Waals surface area (Å²) >= 11 is 0. The van der Waals surface area contributed by atoms with Crippen LogP contribution in [0, 0.1) is 13.8 Å². The lowest BCUT2D eigenvalue weighted by Gasteiger charge is -2.17. The average molecular weight is 360 g/mol. The van der Waals surface area contributed by atoms with Crippen LogP contribution in [0.4, 0.5) is 0 Å². The van der Waals surface area contributed by atoms with E-state index in [-0.39, 0.29) is 0 Å². The Morgan fingerprint density at radius 1 is 0.852 bits per heavy atom. The van der Waals surface area contributed by atoms with Gasteiger partial charge in [-0.05, 0) is 67.6 Å². The van der Waals surface area contributed by atoms with Gasteiger partial charge in [0.05, 0.1) is 7.11 Å². The first-order valence-corrected chi connectivity index (χ1v) is 9.62. The van der Waals surface area contributed by atoms with Crippen molar-refractivity contribution in [1.29, 1.82) is 0 Å². The third kappa shape index (κ3) is 4.58. The second-order valence-corrected chi connectivity index (χ2v) is 7.12. The Balaban J connectivity index is 1.63. The van der Waals surface area contributed by atoms with Crippen LogP contribution in [0.3, 0.4) is 0 Å². The van der Waals surface area contributed by atoms with Crippen LogP contribution in [0.25, 0.3) is 11.1 Å². The molecule has 1 atom stereocenters. The van der Waals surface area contributed by atoms with Gasteiger partial charge < -0.3 is 10.1 Å². The summed E-state index contributed by atoms with van der Waals surface area (Å²) in [6, 6.07) is 23.8. The highest BCUT2D eigenvalue weighted by molar-refractivity contribution is 5.70. The van der Waals surface area contributed by atoms with E-state index in [1.807, 2.05) is 18.2 Å². The van der Waals surface area contributed by atoms with Gasteiger partial charge in [0.25, 0.3) is 0 Å². The maximum atomic E-state index is 5.48. The van der Waals surface area contributed by atoms with Crippen LogP contribution in [0.15, 0.2) is 66.7 Å². The predicted molar refractivity (Wildman–Crippen MR) is 114 cm³/mol. The van der Waals surface area contributed by atoms with Crippen molar-refractivity contribution in [3.05, 3.63) is 89.0 Å². The Kier molecular flexibility index (Phi) is 6.31. The minimum Gasteiger partial charge on any atom is -0.496 e. The molecule has 140 valence electrons. The number of rotatable bonds is 7. The molecule has 1 unspecified atom stereocenters. The zero-order chi connectivity index (χ0) is 19.2. The third-order valence-electron chi connectivity index (χ3n) is 5.30. The molecule has 0 saturated heterocycles. The Hall–Kier alpha value is -2.58. The topological polar surface area (TPSA) is 21.3 Å². The van der Waals surface area contributed by atoms with Crippen molar-refractivity contribution in [3.63, 3.8) is 0 Å². The van der Waals surface area contributed by atoms with Gasteiger partial charge in [-0.15, -0.1) is 0 Å². The SMILES string of the molecule is COc1ccccc1-c1ccc(C(C)NCCc2c(C)cccc2C)cc1. The minimum atomic E-state index is 0.320. The molecule has 0 aliphatic rings. The highest BCUT2D eigenvalue weighted by atomic mass is 16.5. The number of ether oxygens (including phenoxy) is 1. The fraction of sp³-hybridized carbons (Fsp3) is 0.280. The Morgan fingerprint density at radius 2 is 1.52 bits per heavy atom. The van der Waals surface area contributed by atoms with Crippen molar-refractivity contribution in [1.82, 2.24) is 5.32 Å². The molecule has 2 heteroatoms. The molecule has 3 rings (SSSR count). The molecule has 0 bridgehead atoms. The van der Waals surface area contributed by atoms with Crippen molar-refractivity contribution in [3.8, 4) is 16.9 Å². The molecular formula is C25H29NO. The second-order valence-electron chi connectivity index (χ2n) is 7.12. The first-order valence-electron chi connectivity index (χ1n) is 9.62. The number of para-hydroxylation sites is 1. The van der Waals surface area contributed by atoms with Gasteiger partial charge in [0.2, 0.25) is 0 Å². The van der Waals surface area contributed by atoms with E-state index in [4.69, 9.17) is 4.74 Å². The maximum Gasteiger partial charge on any atom is 0.126 e. The molecule has 0 radical (unpaired) electrons. The fourth-order valence-corrected chi connectivity index (χ4v) is 3.61. The van der Waals surface area contributed by atoms with Gasteiger partial charge in [-0.3, -0.25) is 0 Å². The van der Waals surface area contributed by atoms with Gasteiger partial charge in [0, 0.05) is 11.6 Å². The van der Waals surface area contributed by atoms with Gasteiger partial charge in [-0.1, -0.05) is 60.7 Å². The first-order chi connectivity index (χ1) is 13.1. The predicted octanol–water partition coefficient (Wildman–Crippen LogP) is 5.87. The largest absolute Gasteiger partial charge is 0.496 e. The van der Waals surface area contributed by atoms with E-state index in [0.29, 0.717) is 6.04 Å². The lowest BCUT2D eigenvalue weighted by atomic mass is 9.99. The molecular weight excluding hydrogens is 330 g/mol. The van der Waals surface area contributed by atoms with E-state index in [2.05, 4.69) is 74.6 Å². The summed E-state index contributed by atoms with van der Waals surface area (Å²) in [4.78, 5) is 0. The molecule has 1 N–H and O–H groups in total. The first kappa shape index (κ1) is 19.2. The summed E-state index contributed by atoms with van der Waals surface area (Å²) in [5.74, 6) is 0.907. The quantitative estimate of drug-likeness (QED) is 0.569. The van der Waals surface area contributed by atoms with Crippen LogP contribution in [0.1, 0.15) is 35.2 Å². The van der Waals surface area contributed by atoms with Crippen LogP contribution in [-0.2, 0) is 6.42 Å². The zero-order valence-corrected chi connectivity index (χ0v) is 16.8. The summed E-state index contributed by atoms with van der Waals surface area (Å²) in [6.45, 7) is 7.59. The molecule has 27 heavy (non-hydrogen) atoms. The van der Waals surface area contributed by atoms with Gasteiger partial charge in [-0.2, -0.15) is 0 Å². The summed E-state index contributed by atoms with van der Waals surface area (Å²) in [5.41, 5.74) is 7.83. The van der Waals surface area contributed by atoms with Gasteiger partial charge in [0.1, 0.15) is 5.75 Å². The average Bonchev–Trinajstić information content (AvgIpc) is 2.70. The smallest absolute Gasteiger partial charge is 0.126 e. The van der Waals surface area contributed by atoms with Crippen molar-refractivity contribution in [2.75, 3.05) is 13.7 Å². The number of methoxy groups -OCH3 is 1. The molecule has 0 saturated carbocycles. The van der Waals surface area contributed by atoms with Gasteiger partial charge >= 0.3 is 0 Å². The van der Waals surface area contributed by atoms with E-state index in [1.165, 1.54) is 27.8 Å². The highest BCUT2D eigenvalue weighted by Gasteiger charge is 2.09. The molecule has 0 aliphatic carbocycles. The number of nitrogens with one attached hydrogen (secondary N) is 1. The molecule has 0 heterocycles. The summed E-state index contributed by atoms with van der Waals surface area (Å²) in [7, 11) is 1.72. The number of hydrogen-bond donors (Lipinski definition) is 1. The van der Waals surface area contributed by atoms with Crippen LogP contribution in [-0.4, -0.2) is 13.7 Å². The minimum absolute atomic E-state index is 0.320. The van der Waals surface area contributed by atoms with Gasteiger partial charge in [-0.25, -0.2) is 0 Å². The number of benzene rings is 3. The zero-order valence-electron chi connectivity index (χ0n) is 16.8. The molecule has 3 aromatic carbocycles. The second kappa shape index (κ2) is 8.88. The highest BCUT2D eigenvalue weighted by Crippen LogP contribution is 2.30. The lowest BCUT2D eigenvalue weighted by Crippen LogP contribution is -2.21. The summed E-state index contributed by atoms with van der Waals surface area (Å²) in [5, 5.41) is 3.66.